The Hall–Kier alpha value is -3.71. The predicted octanol–water partition coefficient (Wildman–Crippen LogP) is -0.562. The number of nitrogens with two attached hydrogens (primary N) is 1. The van der Waals surface area contributed by atoms with Gasteiger partial charge in [0, 0.05) is 46.2 Å². The summed E-state index contributed by atoms with van der Waals surface area (Å²) in [5.74, 6) is -1.88. The van der Waals surface area contributed by atoms with E-state index in [1.54, 1.807) is 24.5 Å². The van der Waals surface area contributed by atoms with Crippen molar-refractivity contribution in [3.63, 3.8) is 0 Å². The zero-order valence-electron chi connectivity index (χ0n) is 26.8. The molecule has 252 valence electrons. The number of carbonyl (C=O) groups excluding carboxylic acids is 7. The lowest BCUT2D eigenvalue weighted by Crippen LogP contribution is -2.58. The number of nitrogens with zero attached hydrogens (tertiary/aromatic N) is 6. The second-order valence-corrected chi connectivity index (χ2v) is 13.7. The molecule has 6 aliphatic rings. The van der Waals surface area contributed by atoms with Crippen LogP contribution in [0.3, 0.4) is 0 Å². The van der Waals surface area contributed by atoms with Crippen molar-refractivity contribution in [2.24, 2.45) is 5.73 Å². The molecule has 0 bridgehead atoms. The molecule has 0 saturated carbocycles. The van der Waals surface area contributed by atoms with E-state index in [0.717, 1.165) is 6.42 Å². The molecular weight excluding hydrogens is 594 g/mol. The highest BCUT2D eigenvalue weighted by Crippen LogP contribution is 2.32. The van der Waals surface area contributed by atoms with Crippen LogP contribution >= 0.6 is 0 Å². The summed E-state index contributed by atoms with van der Waals surface area (Å²) in [4.78, 5) is 103. The van der Waals surface area contributed by atoms with Crippen LogP contribution in [-0.4, -0.2) is 146 Å². The maximum atomic E-state index is 14.1. The SMILES string of the molecule is CC(=O)N1CCC[C@H]1C(=O)N1CCC[C@H]1C(=O)N1CCC[C@H]1C(=O)N1CCC[C@H]1C(=O)N1CCC[C@H]1C(=O)N1CCC[C@H]1C(N)=O. The molecule has 14 nitrogen and oxygen atoms in total. The van der Waals surface area contributed by atoms with Gasteiger partial charge in [0.1, 0.15) is 36.3 Å². The van der Waals surface area contributed by atoms with Crippen molar-refractivity contribution >= 4 is 41.4 Å². The van der Waals surface area contributed by atoms with Crippen LogP contribution < -0.4 is 5.73 Å². The monoisotopic (exact) mass is 641 g/mol. The van der Waals surface area contributed by atoms with Crippen LogP contribution in [0.2, 0.25) is 0 Å². The maximum Gasteiger partial charge on any atom is 0.246 e. The van der Waals surface area contributed by atoms with Gasteiger partial charge in [-0.15, -0.1) is 0 Å². The smallest absolute Gasteiger partial charge is 0.246 e. The minimum Gasteiger partial charge on any atom is -0.368 e. The molecule has 6 rings (SSSR count). The Morgan fingerprint density at radius 1 is 0.391 bits per heavy atom. The molecule has 6 fully saturated rings. The van der Waals surface area contributed by atoms with Crippen LogP contribution in [0, 0.1) is 0 Å². The lowest BCUT2D eigenvalue weighted by atomic mass is 10.1. The van der Waals surface area contributed by atoms with E-state index in [1.807, 2.05) is 0 Å². The molecule has 6 heterocycles. The Kier molecular flexibility index (Phi) is 9.24. The topological polar surface area (TPSA) is 165 Å². The summed E-state index contributed by atoms with van der Waals surface area (Å²) in [6.07, 6.45) is 7.14. The van der Waals surface area contributed by atoms with E-state index in [0.29, 0.717) is 110 Å². The van der Waals surface area contributed by atoms with E-state index < -0.39 is 42.2 Å². The Labute approximate surface area is 269 Å². The first-order chi connectivity index (χ1) is 22.1. The number of hydrogen-bond donors (Lipinski definition) is 1. The van der Waals surface area contributed by atoms with E-state index in [9.17, 15) is 33.6 Å². The number of amides is 7. The van der Waals surface area contributed by atoms with Crippen LogP contribution in [0.15, 0.2) is 0 Å². The second kappa shape index (κ2) is 13.2. The quantitative estimate of drug-likeness (QED) is 0.406. The van der Waals surface area contributed by atoms with Gasteiger partial charge in [-0.25, -0.2) is 0 Å². The Balaban J connectivity index is 1.13. The van der Waals surface area contributed by atoms with Gasteiger partial charge in [0.05, 0.1) is 0 Å². The van der Waals surface area contributed by atoms with Crippen molar-refractivity contribution in [1.29, 1.82) is 0 Å². The zero-order valence-corrected chi connectivity index (χ0v) is 26.8. The van der Waals surface area contributed by atoms with Crippen LogP contribution in [-0.2, 0) is 33.6 Å². The highest BCUT2D eigenvalue weighted by Gasteiger charge is 2.49. The van der Waals surface area contributed by atoms with Crippen molar-refractivity contribution in [3.05, 3.63) is 0 Å². The summed E-state index contributed by atoms with van der Waals surface area (Å²) < 4.78 is 0. The van der Waals surface area contributed by atoms with Crippen molar-refractivity contribution in [2.75, 3.05) is 39.3 Å². The first kappa shape index (κ1) is 32.2. The van der Waals surface area contributed by atoms with E-state index >= 15 is 0 Å². The molecule has 2 N–H and O–H groups in total. The molecule has 6 aliphatic heterocycles. The molecule has 0 aromatic carbocycles. The fourth-order valence-corrected chi connectivity index (χ4v) is 8.83. The standard InChI is InChI=1S/C32H47N7O7/c1-20(40)34-14-3-9-22(34)28(42)36-16-5-11-24(36)30(44)38-18-7-13-26(38)32(46)39-19-6-12-25(39)31(45)37-17-4-10-23(37)29(43)35-15-2-8-21(35)27(33)41/h21-26H,2-19H2,1H3,(H2,33,41)/t21-,22-,23-,24-,25-,26-/m0/s1. The molecule has 7 amide bonds. The third kappa shape index (κ3) is 5.72. The van der Waals surface area contributed by atoms with Gasteiger partial charge >= 0.3 is 0 Å². The van der Waals surface area contributed by atoms with Gasteiger partial charge in [-0.3, -0.25) is 33.6 Å². The fraction of sp³-hybridized carbons (Fsp3) is 0.781. The van der Waals surface area contributed by atoms with Crippen LogP contribution in [0.1, 0.15) is 84.0 Å². The number of carbonyl (C=O) groups is 7. The highest BCUT2D eigenvalue weighted by atomic mass is 16.2. The van der Waals surface area contributed by atoms with E-state index in [-0.39, 0.29) is 35.4 Å². The zero-order chi connectivity index (χ0) is 32.7. The van der Waals surface area contributed by atoms with Gasteiger partial charge in [-0.05, 0) is 77.0 Å². The molecule has 0 aromatic heterocycles. The predicted molar refractivity (Wildman–Crippen MR) is 163 cm³/mol. The van der Waals surface area contributed by atoms with Crippen LogP contribution in [0.5, 0.6) is 0 Å². The number of primary amides is 1. The van der Waals surface area contributed by atoms with E-state index in [4.69, 9.17) is 5.73 Å². The minimum atomic E-state index is -0.714. The normalized spacial score (nSPS) is 31.3. The maximum absolute atomic E-state index is 14.1. The second-order valence-electron chi connectivity index (χ2n) is 13.7. The molecule has 46 heavy (non-hydrogen) atoms. The van der Waals surface area contributed by atoms with E-state index in [1.165, 1.54) is 11.8 Å². The Morgan fingerprint density at radius 3 is 0.870 bits per heavy atom. The highest BCUT2D eigenvalue weighted by molar-refractivity contribution is 5.98. The Morgan fingerprint density at radius 2 is 0.609 bits per heavy atom. The summed E-state index contributed by atoms with van der Waals surface area (Å²) in [6.45, 7) is 4.09. The van der Waals surface area contributed by atoms with Crippen LogP contribution in [0.4, 0.5) is 0 Å². The lowest BCUT2D eigenvalue weighted by molar-refractivity contribution is -0.154. The van der Waals surface area contributed by atoms with Gasteiger partial charge in [0.25, 0.3) is 0 Å². The van der Waals surface area contributed by atoms with Crippen LogP contribution in [0.25, 0.3) is 0 Å². The van der Waals surface area contributed by atoms with Gasteiger partial charge in [0.2, 0.25) is 41.4 Å². The lowest BCUT2D eigenvalue weighted by Gasteiger charge is -2.36. The molecule has 6 saturated heterocycles. The summed E-state index contributed by atoms with van der Waals surface area (Å²) in [5, 5.41) is 0. The first-order valence-corrected chi connectivity index (χ1v) is 17.2. The molecule has 0 radical (unpaired) electrons. The number of rotatable bonds is 6. The summed E-state index contributed by atoms with van der Waals surface area (Å²) in [7, 11) is 0. The first-order valence-electron chi connectivity index (χ1n) is 17.2. The molecule has 0 unspecified atom stereocenters. The molecule has 0 aromatic rings. The largest absolute Gasteiger partial charge is 0.368 e. The molecule has 0 aliphatic carbocycles. The van der Waals surface area contributed by atoms with Crippen molar-refractivity contribution in [2.45, 2.75) is 120 Å². The minimum absolute atomic E-state index is 0.145. The van der Waals surface area contributed by atoms with Crippen molar-refractivity contribution in [3.8, 4) is 0 Å². The van der Waals surface area contributed by atoms with Crippen molar-refractivity contribution in [1.82, 2.24) is 29.4 Å². The average molecular weight is 642 g/mol. The van der Waals surface area contributed by atoms with E-state index in [2.05, 4.69) is 0 Å². The summed E-state index contributed by atoms with van der Waals surface area (Å²) in [5.41, 5.74) is 5.55. The average Bonchev–Trinajstić information content (AvgIpc) is 3.90. The Bertz CT molecular complexity index is 1200. The number of hydrogen-bond acceptors (Lipinski definition) is 7. The molecule has 0 spiro atoms. The summed E-state index contributed by atoms with van der Waals surface area (Å²) >= 11 is 0. The molecule has 6 atom stereocenters. The third-order valence-electron chi connectivity index (χ3n) is 11.1. The van der Waals surface area contributed by atoms with Gasteiger partial charge in [0.15, 0.2) is 0 Å². The van der Waals surface area contributed by atoms with Crippen molar-refractivity contribution < 1.29 is 33.6 Å². The molecule has 14 heteroatoms. The third-order valence-corrected chi connectivity index (χ3v) is 11.1. The number of likely N-dealkylation sites (tertiary alicyclic amines) is 6. The molecular formula is C32H47N7O7. The van der Waals surface area contributed by atoms with Gasteiger partial charge in [-0.2, -0.15) is 0 Å². The van der Waals surface area contributed by atoms with Gasteiger partial charge < -0.3 is 35.1 Å². The summed E-state index contributed by atoms with van der Waals surface area (Å²) in [6, 6.07) is -3.98. The van der Waals surface area contributed by atoms with Gasteiger partial charge in [-0.1, -0.05) is 0 Å². The fourth-order valence-electron chi connectivity index (χ4n) is 8.83.